The molecule has 6 heteroatoms. The topological polar surface area (TPSA) is 77.5 Å². The molecule has 0 aliphatic heterocycles. The molecule has 0 bridgehead atoms. The number of nitrogens with one attached hydrogen (secondary N) is 2. The summed E-state index contributed by atoms with van der Waals surface area (Å²) in [5.41, 5.74) is 5.49. The van der Waals surface area contributed by atoms with Gasteiger partial charge in [0.15, 0.2) is 0 Å². The number of carbonyl (C=O) groups is 1. The highest BCUT2D eigenvalue weighted by atomic mass is 79.9. The highest BCUT2D eigenvalue weighted by Gasteiger charge is 2.11. The number of phenolic OH excluding ortho intramolecular Hbond substituents is 1. The lowest BCUT2D eigenvalue weighted by molar-refractivity contribution is 0.0952. The smallest absolute Gasteiger partial charge is 0.275 e. The second-order valence-corrected chi connectivity index (χ2v) is 5.99. The van der Waals surface area contributed by atoms with Crippen molar-refractivity contribution in [1.29, 1.82) is 0 Å². The van der Waals surface area contributed by atoms with E-state index in [1.165, 1.54) is 12.1 Å². The number of H-pyrrole nitrogens is 1. The molecule has 0 saturated carbocycles. The number of aromatic hydroxyl groups is 1. The van der Waals surface area contributed by atoms with Gasteiger partial charge in [-0.05, 0) is 31.2 Å². The van der Waals surface area contributed by atoms with E-state index in [1.54, 1.807) is 12.3 Å². The number of phenols is 1. The van der Waals surface area contributed by atoms with Crippen molar-refractivity contribution < 1.29 is 9.90 Å². The first-order valence-corrected chi connectivity index (χ1v) is 7.75. The van der Waals surface area contributed by atoms with E-state index in [9.17, 15) is 9.90 Å². The highest BCUT2D eigenvalue weighted by Crippen LogP contribution is 2.22. The molecular weight excluding hydrogens is 358 g/mol. The Balaban J connectivity index is 1.82. The van der Waals surface area contributed by atoms with E-state index >= 15 is 0 Å². The molecule has 3 rings (SSSR count). The Morgan fingerprint density at radius 3 is 2.91 bits per heavy atom. The van der Waals surface area contributed by atoms with E-state index in [4.69, 9.17) is 0 Å². The number of aromatic nitrogens is 1. The van der Waals surface area contributed by atoms with Crippen LogP contribution in [0.15, 0.2) is 52.0 Å². The predicted molar refractivity (Wildman–Crippen MR) is 93.9 cm³/mol. The second kappa shape index (κ2) is 6.26. The van der Waals surface area contributed by atoms with Gasteiger partial charge in [0, 0.05) is 26.6 Å². The maximum Gasteiger partial charge on any atom is 0.275 e. The number of hydrazone groups is 1. The molecule has 3 N–H and O–H groups in total. The molecule has 1 heterocycles. The second-order valence-electron chi connectivity index (χ2n) is 5.07. The zero-order chi connectivity index (χ0) is 16.4. The monoisotopic (exact) mass is 371 g/mol. The molecular formula is C17H14BrN3O2. The lowest BCUT2D eigenvalue weighted by Crippen LogP contribution is -2.17. The van der Waals surface area contributed by atoms with Crippen molar-refractivity contribution >= 4 is 39.0 Å². The SMILES string of the molecule is Cc1[nH]c2ccccc2c1/C=N\NC(=O)c1cc(Br)ccc1O. The van der Waals surface area contributed by atoms with Gasteiger partial charge in [0.2, 0.25) is 0 Å². The number of hydrogen-bond acceptors (Lipinski definition) is 3. The van der Waals surface area contributed by atoms with Crippen molar-refractivity contribution in [2.45, 2.75) is 6.92 Å². The predicted octanol–water partition coefficient (Wildman–Crippen LogP) is 3.71. The summed E-state index contributed by atoms with van der Waals surface area (Å²) >= 11 is 3.27. The number of carbonyl (C=O) groups excluding carboxylic acids is 1. The van der Waals surface area contributed by atoms with Gasteiger partial charge in [-0.3, -0.25) is 4.79 Å². The first-order chi connectivity index (χ1) is 11.1. The molecule has 0 atom stereocenters. The molecule has 0 aliphatic rings. The van der Waals surface area contributed by atoms with Crippen LogP contribution in [0.2, 0.25) is 0 Å². The Labute approximate surface area is 141 Å². The third-order valence-electron chi connectivity index (χ3n) is 3.51. The number of nitrogens with zero attached hydrogens (tertiary/aromatic N) is 1. The molecule has 3 aromatic rings. The number of aromatic amines is 1. The van der Waals surface area contributed by atoms with Gasteiger partial charge in [-0.1, -0.05) is 34.1 Å². The van der Waals surface area contributed by atoms with Gasteiger partial charge in [0.25, 0.3) is 5.91 Å². The highest BCUT2D eigenvalue weighted by molar-refractivity contribution is 9.10. The summed E-state index contributed by atoms with van der Waals surface area (Å²) in [6.07, 6.45) is 1.60. The van der Waals surface area contributed by atoms with Crippen LogP contribution in [0, 0.1) is 6.92 Å². The van der Waals surface area contributed by atoms with Crippen molar-refractivity contribution in [3.8, 4) is 5.75 Å². The summed E-state index contributed by atoms with van der Waals surface area (Å²) in [5, 5.41) is 14.8. The van der Waals surface area contributed by atoms with Gasteiger partial charge in [-0.2, -0.15) is 5.10 Å². The Hall–Kier alpha value is -2.60. The number of halogens is 1. The summed E-state index contributed by atoms with van der Waals surface area (Å²) in [6.45, 7) is 1.95. The maximum absolute atomic E-state index is 12.1. The Morgan fingerprint density at radius 2 is 2.09 bits per heavy atom. The molecule has 0 radical (unpaired) electrons. The molecule has 1 aromatic heterocycles. The van der Waals surface area contributed by atoms with Gasteiger partial charge < -0.3 is 10.1 Å². The first kappa shape index (κ1) is 15.3. The number of benzene rings is 2. The summed E-state index contributed by atoms with van der Waals surface area (Å²) in [5.74, 6) is -0.568. The molecule has 2 aromatic carbocycles. The van der Waals surface area contributed by atoms with Crippen LogP contribution in [0.1, 0.15) is 21.6 Å². The van der Waals surface area contributed by atoms with E-state index in [-0.39, 0.29) is 11.3 Å². The van der Waals surface area contributed by atoms with Gasteiger partial charge in [-0.15, -0.1) is 0 Å². The zero-order valence-corrected chi connectivity index (χ0v) is 13.9. The molecule has 23 heavy (non-hydrogen) atoms. The number of fused-ring (bicyclic) bond motifs is 1. The summed E-state index contributed by atoms with van der Waals surface area (Å²) in [4.78, 5) is 15.3. The van der Waals surface area contributed by atoms with Gasteiger partial charge >= 0.3 is 0 Å². The third-order valence-corrected chi connectivity index (χ3v) is 4.00. The van der Waals surface area contributed by atoms with E-state index in [0.717, 1.165) is 22.2 Å². The largest absolute Gasteiger partial charge is 0.507 e. The van der Waals surface area contributed by atoms with Crippen LogP contribution in [0.4, 0.5) is 0 Å². The molecule has 0 aliphatic carbocycles. The Bertz CT molecular complexity index is 915. The van der Waals surface area contributed by atoms with Gasteiger partial charge in [-0.25, -0.2) is 5.43 Å². The normalized spacial score (nSPS) is 11.2. The number of aryl methyl sites for hydroxylation is 1. The number of amides is 1. The fourth-order valence-corrected chi connectivity index (χ4v) is 2.73. The minimum absolute atomic E-state index is 0.0934. The van der Waals surface area contributed by atoms with Gasteiger partial charge in [0.05, 0.1) is 11.8 Å². The molecule has 116 valence electrons. The lowest BCUT2D eigenvalue weighted by atomic mass is 10.1. The average Bonchev–Trinajstić information content (AvgIpc) is 2.85. The fraction of sp³-hybridized carbons (Fsp3) is 0.0588. The Kier molecular flexibility index (Phi) is 4.16. The van der Waals surface area contributed by atoms with E-state index < -0.39 is 5.91 Å². The van der Waals surface area contributed by atoms with Crippen molar-refractivity contribution in [1.82, 2.24) is 10.4 Å². The fourth-order valence-electron chi connectivity index (χ4n) is 2.37. The minimum Gasteiger partial charge on any atom is -0.507 e. The van der Waals surface area contributed by atoms with Crippen molar-refractivity contribution in [2.75, 3.05) is 0 Å². The van der Waals surface area contributed by atoms with Crippen LogP contribution in [0.5, 0.6) is 5.75 Å². The number of rotatable bonds is 3. The summed E-state index contributed by atoms with van der Waals surface area (Å²) in [7, 11) is 0. The van der Waals surface area contributed by atoms with E-state index in [0.29, 0.717) is 4.47 Å². The van der Waals surface area contributed by atoms with Gasteiger partial charge in [0.1, 0.15) is 5.75 Å². The molecule has 0 unspecified atom stereocenters. The quantitative estimate of drug-likeness (QED) is 0.484. The van der Waals surface area contributed by atoms with E-state index in [2.05, 4.69) is 31.4 Å². The van der Waals surface area contributed by atoms with E-state index in [1.807, 2.05) is 31.2 Å². The van der Waals surface area contributed by atoms with Crippen LogP contribution < -0.4 is 5.43 Å². The van der Waals surface area contributed by atoms with Crippen molar-refractivity contribution in [3.05, 3.63) is 63.8 Å². The van der Waals surface area contributed by atoms with Crippen LogP contribution in [-0.4, -0.2) is 22.2 Å². The average molecular weight is 372 g/mol. The molecule has 5 nitrogen and oxygen atoms in total. The molecule has 0 spiro atoms. The van der Waals surface area contributed by atoms with Crippen molar-refractivity contribution in [3.63, 3.8) is 0 Å². The minimum atomic E-state index is -0.474. The van der Waals surface area contributed by atoms with Crippen molar-refractivity contribution in [2.24, 2.45) is 5.10 Å². The number of hydrogen-bond donors (Lipinski definition) is 3. The standard InChI is InChI=1S/C17H14BrN3O2/c1-10-14(12-4-2-3-5-15(12)20-10)9-19-21-17(23)13-8-11(18)6-7-16(13)22/h2-9,20,22H,1H3,(H,21,23)/b19-9-. The van der Waals surface area contributed by atoms with Crippen LogP contribution in [0.25, 0.3) is 10.9 Å². The molecule has 1 amide bonds. The van der Waals surface area contributed by atoms with Crippen LogP contribution in [-0.2, 0) is 0 Å². The third kappa shape index (κ3) is 3.12. The maximum atomic E-state index is 12.1. The van der Waals surface area contributed by atoms with Crippen LogP contribution in [0.3, 0.4) is 0 Å². The Morgan fingerprint density at radius 1 is 1.30 bits per heavy atom. The molecule has 0 fully saturated rings. The molecule has 0 saturated heterocycles. The van der Waals surface area contributed by atoms with Crippen LogP contribution >= 0.6 is 15.9 Å². The first-order valence-electron chi connectivity index (χ1n) is 6.95. The lowest BCUT2D eigenvalue weighted by Gasteiger charge is -2.03. The summed E-state index contributed by atoms with van der Waals surface area (Å²) < 4.78 is 0.705. The zero-order valence-electron chi connectivity index (χ0n) is 12.3. The number of para-hydroxylation sites is 1. The summed E-state index contributed by atoms with van der Waals surface area (Å²) in [6, 6.07) is 12.5.